The van der Waals surface area contributed by atoms with Crippen LogP contribution in [0.3, 0.4) is 0 Å². The Morgan fingerprint density at radius 1 is 1.20 bits per heavy atom. The van der Waals surface area contributed by atoms with E-state index in [2.05, 4.69) is 41.1 Å². The molecule has 0 saturated heterocycles. The summed E-state index contributed by atoms with van der Waals surface area (Å²) in [5, 5.41) is 19.3. The molecular formula is C24H20ClF3N10O2. The zero-order valence-electron chi connectivity index (χ0n) is 21.2. The van der Waals surface area contributed by atoms with Gasteiger partial charge in [-0.15, -0.1) is 5.10 Å². The number of benzene rings is 1. The van der Waals surface area contributed by atoms with Crippen LogP contribution in [0.4, 0.5) is 24.5 Å². The number of amides is 2. The number of tetrazole rings is 1. The molecule has 0 radical (unpaired) electrons. The number of pyridine rings is 1. The van der Waals surface area contributed by atoms with Gasteiger partial charge < -0.3 is 10.6 Å². The van der Waals surface area contributed by atoms with Gasteiger partial charge in [0.1, 0.15) is 5.69 Å². The van der Waals surface area contributed by atoms with Gasteiger partial charge in [0.15, 0.2) is 11.5 Å². The minimum Gasteiger partial charge on any atom is -0.350 e. The minimum absolute atomic E-state index is 0.0116. The van der Waals surface area contributed by atoms with E-state index >= 15 is 0 Å². The van der Waals surface area contributed by atoms with Crippen molar-refractivity contribution in [1.29, 1.82) is 0 Å². The number of carbonyl (C=O) groups excluding carboxylic acids is 2. The third kappa shape index (κ3) is 5.91. The summed E-state index contributed by atoms with van der Waals surface area (Å²) in [7, 11) is 0. The molecule has 0 aliphatic rings. The highest BCUT2D eigenvalue weighted by atomic mass is 35.5. The summed E-state index contributed by atoms with van der Waals surface area (Å²) >= 11 is 6.28. The molecule has 0 saturated carbocycles. The molecule has 0 spiro atoms. The van der Waals surface area contributed by atoms with Gasteiger partial charge in [-0.25, -0.2) is 19.2 Å². The highest BCUT2D eigenvalue weighted by molar-refractivity contribution is 6.32. The fourth-order valence-corrected chi connectivity index (χ4v) is 3.93. The molecule has 0 aliphatic carbocycles. The quantitative estimate of drug-likeness (QED) is 0.316. The Morgan fingerprint density at radius 3 is 2.60 bits per heavy atom. The van der Waals surface area contributed by atoms with E-state index < -0.39 is 30.4 Å². The van der Waals surface area contributed by atoms with E-state index in [1.54, 1.807) is 26.8 Å². The lowest BCUT2D eigenvalue weighted by atomic mass is 10.0. The van der Waals surface area contributed by atoms with Gasteiger partial charge in [-0.1, -0.05) is 17.7 Å². The fourth-order valence-electron chi connectivity index (χ4n) is 3.73. The monoisotopic (exact) mass is 572 g/mol. The van der Waals surface area contributed by atoms with Gasteiger partial charge in [0, 0.05) is 12.2 Å². The highest BCUT2D eigenvalue weighted by Crippen LogP contribution is 2.30. The van der Waals surface area contributed by atoms with Crippen molar-refractivity contribution in [1.82, 2.24) is 40.3 Å². The Bertz CT molecular complexity index is 1640. The first-order valence-electron chi connectivity index (χ1n) is 11.6. The average molecular weight is 573 g/mol. The Balaban J connectivity index is 1.78. The number of carbonyl (C=O) groups is 2. The molecule has 3 heterocycles. The van der Waals surface area contributed by atoms with E-state index in [1.165, 1.54) is 30.5 Å². The van der Waals surface area contributed by atoms with Crippen LogP contribution >= 0.6 is 11.6 Å². The van der Waals surface area contributed by atoms with Crippen molar-refractivity contribution in [3.8, 4) is 5.82 Å². The number of hydrogen-bond acceptors (Lipinski definition) is 7. The molecule has 2 N–H and O–H groups in total. The van der Waals surface area contributed by atoms with Crippen LogP contribution in [0, 0.1) is 13.5 Å². The number of hydrogen-bond donors (Lipinski definition) is 2. The second-order valence-corrected chi connectivity index (χ2v) is 9.19. The summed E-state index contributed by atoms with van der Waals surface area (Å²) < 4.78 is 41.5. The molecule has 0 bridgehead atoms. The summed E-state index contributed by atoms with van der Waals surface area (Å²) in [5.41, 5.74) is 0.652. The maximum absolute atomic E-state index is 13.6. The first-order valence-corrected chi connectivity index (χ1v) is 11.9. The van der Waals surface area contributed by atoms with Crippen LogP contribution in [0.1, 0.15) is 51.8 Å². The average Bonchev–Trinajstić information content (AvgIpc) is 3.52. The Morgan fingerprint density at radius 2 is 1.95 bits per heavy atom. The topological polar surface area (TPSA) is 137 Å². The van der Waals surface area contributed by atoms with Gasteiger partial charge in [0.2, 0.25) is 0 Å². The van der Waals surface area contributed by atoms with Crippen LogP contribution in [0.2, 0.25) is 5.02 Å². The number of rotatable bonds is 7. The van der Waals surface area contributed by atoms with Crippen LogP contribution in [0.25, 0.3) is 10.7 Å². The second-order valence-electron chi connectivity index (χ2n) is 8.78. The van der Waals surface area contributed by atoms with Crippen LogP contribution in [0.15, 0.2) is 36.5 Å². The lowest BCUT2D eigenvalue weighted by molar-refractivity contribution is -0.147. The molecular weight excluding hydrogens is 553 g/mol. The summed E-state index contributed by atoms with van der Waals surface area (Å²) in [4.78, 5) is 34.1. The van der Waals surface area contributed by atoms with Crippen molar-refractivity contribution in [2.45, 2.75) is 39.5 Å². The number of nitrogens with one attached hydrogen (secondary N) is 2. The maximum Gasteiger partial charge on any atom is 0.453 e. The summed E-state index contributed by atoms with van der Waals surface area (Å²) in [5.74, 6) is -2.60. The van der Waals surface area contributed by atoms with Crippen molar-refractivity contribution < 1.29 is 22.8 Å². The number of aromatic nitrogens is 7. The molecule has 40 heavy (non-hydrogen) atoms. The number of aryl methyl sites for hydroxylation is 1. The minimum atomic E-state index is -4.82. The molecule has 1 aromatic carbocycles. The number of alkyl halides is 3. The molecule has 4 aromatic rings. The van der Waals surface area contributed by atoms with E-state index in [0.717, 1.165) is 4.68 Å². The number of nitrogens with zero attached hydrogens (tertiary/aromatic N) is 8. The van der Waals surface area contributed by atoms with E-state index in [1.807, 2.05) is 0 Å². The predicted molar refractivity (Wildman–Crippen MR) is 136 cm³/mol. The SMILES string of the molecule is [C-]#[N+]c1cc(C)c(NC(=O)c2cc(Cn3nnnc3C(F)(F)F)nn2-c2ncccc2Cl)c(C(=O)NC(C)C)c1. The van der Waals surface area contributed by atoms with Crippen LogP contribution in [0.5, 0.6) is 0 Å². The van der Waals surface area contributed by atoms with E-state index in [9.17, 15) is 22.8 Å². The first kappa shape index (κ1) is 28.2. The van der Waals surface area contributed by atoms with Crippen LogP contribution in [-0.4, -0.2) is 52.8 Å². The summed E-state index contributed by atoms with van der Waals surface area (Å²) in [6.07, 6.45) is -3.42. The van der Waals surface area contributed by atoms with Crippen molar-refractivity contribution in [2.75, 3.05) is 5.32 Å². The molecule has 0 unspecified atom stereocenters. The van der Waals surface area contributed by atoms with Crippen molar-refractivity contribution in [3.05, 3.63) is 81.3 Å². The lowest BCUT2D eigenvalue weighted by Crippen LogP contribution is -2.31. The zero-order valence-corrected chi connectivity index (χ0v) is 21.9. The molecule has 0 atom stereocenters. The summed E-state index contributed by atoms with van der Waals surface area (Å²) in [6.45, 7) is 11.9. The van der Waals surface area contributed by atoms with E-state index in [4.69, 9.17) is 18.2 Å². The van der Waals surface area contributed by atoms with Gasteiger partial charge >= 0.3 is 6.18 Å². The van der Waals surface area contributed by atoms with Crippen LogP contribution < -0.4 is 10.6 Å². The maximum atomic E-state index is 13.6. The fraction of sp³-hybridized carbons (Fsp3) is 0.250. The molecule has 3 aromatic heterocycles. The number of halogens is 4. The Kier molecular flexibility index (Phi) is 7.82. The first-order chi connectivity index (χ1) is 18.9. The zero-order chi connectivity index (χ0) is 29.2. The largest absolute Gasteiger partial charge is 0.453 e. The third-order valence-electron chi connectivity index (χ3n) is 5.38. The molecule has 0 fully saturated rings. The van der Waals surface area contributed by atoms with Crippen molar-refractivity contribution in [2.24, 2.45) is 0 Å². The van der Waals surface area contributed by atoms with Gasteiger partial charge in [-0.3, -0.25) is 9.59 Å². The van der Waals surface area contributed by atoms with Gasteiger partial charge in [0.05, 0.1) is 35.1 Å². The Labute approximate surface area is 230 Å². The van der Waals surface area contributed by atoms with Crippen LogP contribution in [-0.2, 0) is 12.7 Å². The molecule has 12 nitrogen and oxygen atoms in total. The lowest BCUT2D eigenvalue weighted by Gasteiger charge is -2.16. The third-order valence-corrected chi connectivity index (χ3v) is 5.68. The predicted octanol–water partition coefficient (Wildman–Crippen LogP) is 4.22. The molecule has 0 aliphatic heterocycles. The molecule has 206 valence electrons. The summed E-state index contributed by atoms with van der Waals surface area (Å²) in [6, 6.07) is 6.91. The molecule has 4 rings (SSSR count). The second kappa shape index (κ2) is 11.1. The van der Waals surface area contributed by atoms with E-state index in [-0.39, 0.29) is 45.2 Å². The van der Waals surface area contributed by atoms with Crippen molar-refractivity contribution in [3.63, 3.8) is 0 Å². The smallest absolute Gasteiger partial charge is 0.350 e. The van der Waals surface area contributed by atoms with Gasteiger partial charge in [-0.05, 0) is 61.0 Å². The molecule has 16 heteroatoms. The highest BCUT2D eigenvalue weighted by Gasteiger charge is 2.38. The standard InChI is InChI=1S/C24H20ClF3N10O2/c1-12(2)31-21(39)16-9-14(29-4)8-13(3)19(16)32-22(40)18-10-15(11-37-23(24(26,27)28)33-35-36-37)34-38(18)20-17(25)6-5-7-30-20/h5-10,12H,11H2,1-3H3,(H,31,39)(H,32,40). The van der Waals surface area contributed by atoms with Gasteiger partial charge in [-0.2, -0.15) is 18.3 Å². The normalized spacial score (nSPS) is 11.4. The van der Waals surface area contributed by atoms with Gasteiger partial charge in [0.25, 0.3) is 17.6 Å². The van der Waals surface area contributed by atoms with Crippen molar-refractivity contribution >= 4 is 34.8 Å². The Hall–Kier alpha value is -4.84. The number of anilines is 1. The van der Waals surface area contributed by atoms with E-state index in [0.29, 0.717) is 10.2 Å². The molecule has 2 amide bonds.